The summed E-state index contributed by atoms with van der Waals surface area (Å²) < 4.78 is 5.69. The Balaban J connectivity index is 1.92. The summed E-state index contributed by atoms with van der Waals surface area (Å²) in [5.41, 5.74) is 3.31. The highest BCUT2D eigenvalue weighted by atomic mass is 16.5. The number of rotatable bonds is 5. The molecule has 0 heterocycles. The molecule has 2 rings (SSSR count). The highest BCUT2D eigenvalue weighted by Gasteiger charge is 1.94. The maximum absolute atomic E-state index is 5.69. The first-order valence-corrected chi connectivity index (χ1v) is 7.59. The maximum atomic E-state index is 5.69. The second-order valence-corrected chi connectivity index (χ2v) is 5.20. The van der Waals surface area contributed by atoms with E-state index in [0.29, 0.717) is 0 Å². The van der Waals surface area contributed by atoms with Crippen LogP contribution in [0.4, 0.5) is 0 Å². The Bertz CT molecular complexity index is 597. The average molecular weight is 278 g/mol. The molecule has 2 aromatic carbocycles. The van der Waals surface area contributed by atoms with Crippen LogP contribution in [0, 0.1) is 18.8 Å². The quantitative estimate of drug-likeness (QED) is 0.554. The molecule has 0 N–H and O–H groups in total. The molecule has 0 unspecified atom stereocenters. The average Bonchev–Trinajstić information content (AvgIpc) is 2.52. The molecular weight excluding hydrogens is 256 g/mol. The van der Waals surface area contributed by atoms with E-state index in [9.17, 15) is 0 Å². The van der Waals surface area contributed by atoms with Crippen molar-refractivity contribution in [2.45, 2.75) is 33.1 Å². The normalized spacial score (nSPS) is 9.81. The van der Waals surface area contributed by atoms with Crippen LogP contribution in [-0.2, 0) is 0 Å². The van der Waals surface area contributed by atoms with Crippen molar-refractivity contribution in [3.63, 3.8) is 0 Å². The standard InChI is InChI=1S/C20H22O/c1-3-4-5-16-21-20-14-12-19(13-15-20)11-10-18-8-6-17(2)7-9-18/h6-9,12-15H,3-5,16H2,1-2H3. The monoisotopic (exact) mass is 278 g/mol. The van der Waals surface area contributed by atoms with E-state index >= 15 is 0 Å². The molecule has 0 saturated carbocycles. The maximum Gasteiger partial charge on any atom is 0.119 e. The number of ether oxygens (including phenoxy) is 1. The van der Waals surface area contributed by atoms with Gasteiger partial charge in [0, 0.05) is 11.1 Å². The van der Waals surface area contributed by atoms with Gasteiger partial charge in [0.2, 0.25) is 0 Å². The summed E-state index contributed by atoms with van der Waals surface area (Å²) >= 11 is 0. The highest BCUT2D eigenvalue weighted by molar-refractivity contribution is 5.44. The van der Waals surface area contributed by atoms with Crippen molar-refractivity contribution in [2.24, 2.45) is 0 Å². The summed E-state index contributed by atoms with van der Waals surface area (Å²) in [7, 11) is 0. The van der Waals surface area contributed by atoms with Gasteiger partial charge < -0.3 is 4.74 Å². The SMILES string of the molecule is CCCCCOc1ccc(C#Cc2ccc(C)cc2)cc1. The molecule has 0 aliphatic rings. The molecule has 0 aliphatic carbocycles. The molecule has 21 heavy (non-hydrogen) atoms. The Kier molecular flexibility index (Phi) is 5.91. The highest BCUT2D eigenvalue weighted by Crippen LogP contribution is 2.12. The van der Waals surface area contributed by atoms with Gasteiger partial charge in [-0.05, 0) is 49.7 Å². The van der Waals surface area contributed by atoms with Crippen molar-refractivity contribution < 1.29 is 4.74 Å². The number of hydrogen-bond donors (Lipinski definition) is 0. The van der Waals surface area contributed by atoms with Gasteiger partial charge in [-0.15, -0.1) is 0 Å². The van der Waals surface area contributed by atoms with Crippen LogP contribution in [0.2, 0.25) is 0 Å². The minimum atomic E-state index is 0.794. The lowest BCUT2D eigenvalue weighted by atomic mass is 10.1. The fraction of sp³-hybridized carbons (Fsp3) is 0.300. The van der Waals surface area contributed by atoms with Crippen LogP contribution in [-0.4, -0.2) is 6.61 Å². The fourth-order valence-corrected chi connectivity index (χ4v) is 1.96. The van der Waals surface area contributed by atoms with Crippen molar-refractivity contribution in [3.8, 4) is 17.6 Å². The van der Waals surface area contributed by atoms with Gasteiger partial charge in [0.1, 0.15) is 5.75 Å². The molecule has 0 bridgehead atoms. The summed E-state index contributed by atoms with van der Waals surface area (Å²) in [4.78, 5) is 0. The first-order chi connectivity index (χ1) is 10.3. The zero-order valence-electron chi connectivity index (χ0n) is 12.9. The van der Waals surface area contributed by atoms with Crippen LogP contribution >= 0.6 is 0 Å². The van der Waals surface area contributed by atoms with Crippen LogP contribution in [0.1, 0.15) is 42.9 Å². The lowest BCUT2D eigenvalue weighted by molar-refractivity contribution is 0.306. The summed E-state index contributed by atoms with van der Waals surface area (Å²) in [5, 5.41) is 0. The van der Waals surface area contributed by atoms with Gasteiger partial charge in [0.05, 0.1) is 6.61 Å². The van der Waals surface area contributed by atoms with Gasteiger partial charge in [0.25, 0.3) is 0 Å². The number of aryl methyl sites for hydroxylation is 1. The van der Waals surface area contributed by atoms with Gasteiger partial charge in [0.15, 0.2) is 0 Å². The Morgan fingerprint density at radius 1 is 0.810 bits per heavy atom. The molecule has 2 aromatic rings. The molecule has 108 valence electrons. The number of benzene rings is 2. The molecule has 0 aliphatic heterocycles. The van der Waals surface area contributed by atoms with Crippen LogP contribution in [0.3, 0.4) is 0 Å². The van der Waals surface area contributed by atoms with Crippen molar-refractivity contribution in [1.82, 2.24) is 0 Å². The van der Waals surface area contributed by atoms with Crippen LogP contribution < -0.4 is 4.74 Å². The summed E-state index contributed by atoms with van der Waals surface area (Å²) in [6, 6.07) is 16.3. The van der Waals surface area contributed by atoms with Crippen molar-refractivity contribution >= 4 is 0 Å². The summed E-state index contributed by atoms with van der Waals surface area (Å²) in [6.45, 7) is 5.07. The molecule has 0 aromatic heterocycles. The third-order valence-corrected chi connectivity index (χ3v) is 3.27. The first kappa shape index (κ1) is 15.2. The molecular formula is C20H22O. The van der Waals surface area contributed by atoms with Crippen LogP contribution in [0.5, 0.6) is 5.75 Å². The summed E-state index contributed by atoms with van der Waals surface area (Å²) in [5.74, 6) is 7.28. The van der Waals surface area contributed by atoms with E-state index in [-0.39, 0.29) is 0 Å². The predicted octanol–water partition coefficient (Wildman–Crippen LogP) is 4.96. The van der Waals surface area contributed by atoms with Gasteiger partial charge in [-0.25, -0.2) is 0 Å². The lowest BCUT2D eigenvalue weighted by Gasteiger charge is -2.05. The molecule has 0 fully saturated rings. The van der Waals surface area contributed by atoms with E-state index in [1.807, 2.05) is 36.4 Å². The van der Waals surface area contributed by atoms with Crippen molar-refractivity contribution in [2.75, 3.05) is 6.61 Å². The minimum absolute atomic E-state index is 0.794. The Morgan fingerprint density at radius 3 is 1.95 bits per heavy atom. The Labute approximate surface area is 128 Å². The second kappa shape index (κ2) is 8.17. The second-order valence-electron chi connectivity index (χ2n) is 5.20. The molecule has 0 atom stereocenters. The number of hydrogen-bond acceptors (Lipinski definition) is 1. The fourth-order valence-electron chi connectivity index (χ4n) is 1.96. The van der Waals surface area contributed by atoms with Crippen LogP contribution in [0.15, 0.2) is 48.5 Å². The van der Waals surface area contributed by atoms with Crippen molar-refractivity contribution in [1.29, 1.82) is 0 Å². The van der Waals surface area contributed by atoms with Gasteiger partial charge in [-0.1, -0.05) is 49.3 Å². The first-order valence-electron chi connectivity index (χ1n) is 7.59. The number of unbranched alkanes of at least 4 members (excludes halogenated alkanes) is 2. The largest absolute Gasteiger partial charge is 0.494 e. The van der Waals surface area contributed by atoms with E-state index in [1.165, 1.54) is 18.4 Å². The smallest absolute Gasteiger partial charge is 0.119 e. The van der Waals surface area contributed by atoms with E-state index in [1.54, 1.807) is 0 Å². The molecule has 0 radical (unpaired) electrons. The molecule has 1 heteroatoms. The molecule has 1 nitrogen and oxygen atoms in total. The summed E-state index contributed by atoms with van der Waals surface area (Å²) in [6.07, 6.45) is 3.56. The Morgan fingerprint density at radius 2 is 1.38 bits per heavy atom. The van der Waals surface area contributed by atoms with E-state index in [4.69, 9.17) is 4.74 Å². The lowest BCUT2D eigenvalue weighted by Crippen LogP contribution is -1.96. The minimum Gasteiger partial charge on any atom is -0.494 e. The third kappa shape index (κ3) is 5.36. The van der Waals surface area contributed by atoms with E-state index < -0.39 is 0 Å². The van der Waals surface area contributed by atoms with Crippen molar-refractivity contribution in [3.05, 3.63) is 65.2 Å². The zero-order chi connectivity index (χ0) is 14.9. The molecule has 0 spiro atoms. The van der Waals surface area contributed by atoms with Gasteiger partial charge in [-0.3, -0.25) is 0 Å². The molecule has 0 saturated heterocycles. The zero-order valence-corrected chi connectivity index (χ0v) is 12.9. The van der Waals surface area contributed by atoms with E-state index in [2.05, 4.69) is 37.8 Å². The van der Waals surface area contributed by atoms with Gasteiger partial charge >= 0.3 is 0 Å². The topological polar surface area (TPSA) is 9.23 Å². The van der Waals surface area contributed by atoms with E-state index in [0.717, 1.165) is 29.9 Å². The Hall–Kier alpha value is -2.20. The molecule has 0 amide bonds. The third-order valence-electron chi connectivity index (χ3n) is 3.27. The predicted molar refractivity (Wildman–Crippen MR) is 88.6 cm³/mol. The van der Waals surface area contributed by atoms with Crippen LogP contribution in [0.25, 0.3) is 0 Å². The van der Waals surface area contributed by atoms with Gasteiger partial charge in [-0.2, -0.15) is 0 Å².